The first kappa shape index (κ1) is 13.6. The third-order valence-electron chi connectivity index (χ3n) is 2.26. The number of rotatable bonds is 6. The summed E-state index contributed by atoms with van der Waals surface area (Å²) in [6.45, 7) is 5.92. The van der Waals surface area contributed by atoms with E-state index in [1.54, 1.807) is 18.2 Å². The van der Waals surface area contributed by atoms with Gasteiger partial charge < -0.3 is 10.1 Å². The van der Waals surface area contributed by atoms with Gasteiger partial charge >= 0.3 is 0 Å². The van der Waals surface area contributed by atoms with Crippen LogP contribution in [0.3, 0.4) is 0 Å². The highest BCUT2D eigenvalue weighted by Crippen LogP contribution is 2.28. The maximum atomic E-state index is 6.03. The summed E-state index contributed by atoms with van der Waals surface area (Å²) in [5.74, 6) is 0.691. The average Bonchev–Trinajstić information content (AvgIpc) is 2.27. The minimum atomic E-state index is 0.138. The predicted molar refractivity (Wildman–Crippen MR) is 69.7 cm³/mol. The molecule has 0 heterocycles. The van der Waals surface area contributed by atoms with E-state index in [9.17, 15) is 0 Å². The van der Waals surface area contributed by atoms with Crippen molar-refractivity contribution in [3.8, 4) is 5.75 Å². The molecule has 0 radical (unpaired) electrons. The Morgan fingerprint density at radius 3 is 2.62 bits per heavy atom. The quantitative estimate of drug-likeness (QED) is 0.842. The maximum Gasteiger partial charge on any atom is 0.138 e. The van der Waals surface area contributed by atoms with Crippen LogP contribution in [0.5, 0.6) is 5.75 Å². The van der Waals surface area contributed by atoms with E-state index in [-0.39, 0.29) is 6.10 Å². The van der Waals surface area contributed by atoms with Crippen LogP contribution in [-0.2, 0) is 0 Å². The monoisotopic (exact) mass is 261 g/mol. The molecule has 2 nitrogen and oxygen atoms in total. The molecule has 1 aromatic rings. The maximum absolute atomic E-state index is 6.03. The van der Waals surface area contributed by atoms with Crippen molar-refractivity contribution in [2.45, 2.75) is 26.4 Å². The molecule has 0 saturated carbocycles. The standard InChI is InChI=1S/C12H17Cl2NO/c1-3-10(8-15-4-2)16-12-6-5-9(13)7-11(12)14/h5-7,10,15H,3-4,8H2,1-2H3. The van der Waals surface area contributed by atoms with Gasteiger partial charge in [-0.25, -0.2) is 0 Å². The molecular weight excluding hydrogens is 245 g/mol. The smallest absolute Gasteiger partial charge is 0.138 e. The lowest BCUT2D eigenvalue weighted by Gasteiger charge is -2.18. The van der Waals surface area contributed by atoms with Crippen molar-refractivity contribution in [3.63, 3.8) is 0 Å². The van der Waals surface area contributed by atoms with Crippen molar-refractivity contribution < 1.29 is 4.74 Å². The topological polar surface area (TPSA) is 21.3 Å². The van der Waals surface area contributed by atoms with Crippen LogP contribution in [0, 0.1) is 0 Å². The van der Waals surface area contributed by atoms with Gasteiger partial charge in [0.2, 0.25) is 0 Å². The fraction of sp³-hybridized carbons (Fsp3) is 0.500. The van der Waals surface area contributed by atoms with E-state index in [4.69, 9.17) is 27.9 Å². The van der Waals surface area contributed by atoms with Gasteiger partial charge in [0.15, 0.2) is 0 Å². The van der Waals surface area contributed by atoms with Crippen molar-refractivity contribution in [3.05, 3.63) is 28.2 Å². The van der Waals surface area contributed by atoms with Crippen LogP contribution < -0.4 is 10.1 Å². The van der Waals surface area contributed by atoms with Crippen molar-refractivity contribution in [2.24, 2.45) is 0 Å². The molecule has 0 aliphatic rings. The lowest BCUT2D eigenvalue weighted by molar-refractivity contribution is 0.194. The van der Waals surface area contributed by atoms with Gasteiger partial charge in [0.25, 0.3) is 0 Å². The van der Waals surface area contributed by atoms with Crippen molar-refractivity contribution in [1.29, 1.82) is 0 Å². The number of halogens is 2. The van der Waals surface area contributed by atoms with Gasteiger partial charge in [-0.2, -0.15) is 0 Å². The molecule has 0 saturated heterocycles. The molecule has 0 amide bonds. The second kappa shape index (κ2) is 7.00. The number of ether oxygens (including phenoxy) is 1. The summed E-state index contributed by atoms with van der Waals surface area (Å²) < 4.78 is 5.80. The second-order valence-electron chi connectivity index (χ2n) is 3.53. The zero-order valence-corrected chi connectivity index (χ0v) is 11.1. The SMILES string of the molecule is CCNCC(CC)Oc1ccc(Cl)cc1Cl. The Hall–Kier alpha value is -0.440. The van der Waals surface area contributed by atoms with Crippen LogP contribution in [0.15, 0.2) is 18.2 Å². The number of hydrogen-bond acceptors (Lipinski definition) is 2. The molecule has 0 bridgehead atoms. The summed E-state index contributed by atoms with van der Waals surface area (Å²) in [6, 6.07) is 5.28. The highest BCUT2D eigenvalue weighted by molar-refractivity contribution is 6.35. The molecular formula is C12H17Cl2NO. The summed E-state index contributed by atoms with van der Waals surface area (Å²) in [6.07, 6.45) is 1.07. The fourth-order valence-electron chi connectivity index (χ4n) is 1.33. The molecule has 16 heavy (non-hydrogen) atoms. The van der Waals surface area contributed by atoms with Crippen molar-refractivity contribution in [2.75, 3.05) is 13.1 Å². The van der Waals surface area contributed by atoms with Crippen molar-refractivity contribution in [1.82, 2.24) is 5.32 Å². The molecule has 1 rings (SSSR count). The molecule has 0 spiro atoms. The molecule has 1 atom stereocenters. The number of nitrogens with one attached hydrogen (secondary N) is 1. The Morgan fingerprint density at radius 2 is 2.06 bits per heavy atom. The van der Waals surface area contributed by atoms with Crippen LogP contribution in [-0.4, -0.2) is 19.2 Å². The lowest BCUT2D eigenvalue weighted by atomic mass is 10.2. The summed E-state index contributed by atoms with van der Waals surface area (Å²) in [5, 5.41) is 4.44. The third kappa shape index (κ3) is 4.20. The average molecular weight is 262 g/mol. The Bertz CT molecular complexity index is 331. The van der Waals surface area contributed by atoms with Gasteiger partial charge in [-0.3, -0.25) is 0 Å². The molecule has 0 aliphatic heterocycles. The molecule has 1 aromatic carbocycles. The van der Waals surface area contributed by atoms with Gasteiger partial charge in [0.05, 0.1) is 5.02 Å². The first-order valence-corrected chi connectivity index (χ1v) is 6.25. The Kier molecular flexibility index (Phi) is 5.96. The van der Waals surface area contributed by atoms with E-state index in [2.05, 4.69) is 19.2 Å². The molecule has 4 heteroatoms. The van der Waals surface area contributed by atoms with Crippen LogP contribution in [0.2, 0.25) is 10.0 Å². The van der Waals surface area contributed by atoms with E-state index in [0.29, 0.717) is 15.8 Å². The summed E-state index contributed by atoms with van der Waals surface area (Å²) in [7, 11) is 0. The van der Waals surface area contributed by atoms with Gasteiger partial charge in [0, 0.05) is 11.6 Å². The lowest BCUT2D eigenvalue weighted by Crippen LogP contribution is -2.30. The summed E-state index contributed by atoms with van der Waals surface area (Å²) in [4.78, 5) is 0. The van der Waals surface area contributed by atoms with Crippen LogP contribution in [0.1, 0.15) is 20.3 Å². The van der Waals surface area contributed by atoms with Gasteiger partial charge in [0.1, 0.15) is 11.9 Å². The Labute approximate surface area is 107 Å². The van der Waals surface area contributed by atoms with E-state index >= 15 is 0 Å². The van der Waals surface area contributed by atoms with E-state index in [1.165, 1.54) is 0 Å². The minimum absolute atomic E-state index is 0.138. The normalized spacial score (nSPS) is 12.5. The zero-order chi connectivity index (χ0) is 12.0. The van der Waals surface area contributed by atoms with E-state index < -0.39 is 0 Å². The van der Waals surface area contributed by atoms with Crippen LogP contribution in [0.25, 0.3) is 0 Å². The molecule has 1 unspecified atom stereocenters. The molecule has 0 aromatic heterocycles. The number of benzene rings is 1. The van der Waals surface area contributed by atoms with Crippen LogP contribution in [0.4, 0.5) is 0 Å². The largest absolute Gasteiger partial charge is 0.488 e. The van der Waals surface area contributed by atoms with Crippen molar-refractivity contribution >= 4 is 23.2 Å². The summed E-state index contributed by atoms with van der Waals surface area (Å²) in [5.41, 5.74) is 0. The van der Waals surface area contributed by atoms with Gasteiger partial charge in [-0.15, -0.1) is 0 Å². The highest BCUT2D eigenvalue weighted by Gasteiger charge is 2.10. The predicted octanol–water partition coefficient (Wildman–Crippen LogP) is 3.76. The van der Waals surface area contributed by atoms with Gasteiger partial charge in [-0.1, -0.05) is 37.0 Å². The molecule has 90 valence electrons. The molecule has 1 N–H and O–H groups in total. The minimum Gasteiger partial charge on any atom is -0.488 e. The molecule has 0 aliphatic carbocycles. The first-order chi connectivity index (χ1) is 7.67. The second-order valence-corrected chi connectivity index (χ2v) is 4.37. The third-order valence-corrected chi connectivity index (χ3v) is 2.80. The van der Waals surface area contributed by atoms with Gasteiger partial charge in [-0.05, 0) is 31.2 Å². The van der Waals surface area contributed by atoms with Crippen LogP contribution >= 0.6 is 23.2 Å². The number of hydrogen-bond donors (Lipinski definition) is 1. The number of likely N-dealkylation sites (N-methyl/N-ethyl adjacent to an activating group) is 1. The molecule has 0 fully saturated rings. The summed E-state index contributed by atoms with van der Waals surface area (Å²) >= 11 is 11.9. The highest BCUT2D eigenvalue weighted by atomic mass is 35.5. The first-order valence-electron chi connectivity index (χ1n) is 5.49. The van der Waals surface area contributed by atoms with E-state index in [1.807, 2.05) is 0 Å². The van der Waals surface area contributed by atoms with E-state index in [0.717, 1.165) is 19.5 Å². The zero-order valence-electron chi connectivity index (χ0n) is 9.59. The Balaban J connectivity index is 2.62. The fourth-order valence-corrected chi connectivity index (χ4v) is 1.78. The Morgan fingerprint density at radius 1 is 1.31 bits per heavy atom.